The van der Waals surface area contributed by atoms with Gasteiger partial charge in [-0.25, -0.2) is 0 Å². The summed E-state index contributed by atoms with van der Waals surface area (Å²) >= 11 is 1.57. The van der Waals surface area contributed by atoms with Gasteiger partial charge < -0.3 is 14.6 Å². The number of aromatic nitrogens is 2. The second-order valence-corrected chi connectivity index (χ2v) is 8.50. The van der Waals surface area contributed by atoms with Gasteiger partial charge in [0.15, 0.2) is 12.6 Å². The molecule has 2 aromatic heterocycles. The largest absolute Gasteiger partial charge is 0.414 e. The number of quaternary nitrogens is 1. The number of rotatable bonds is 8. The van der Waals surface area contributed by atoms with Gasteiger partial charge in [-0.15, -0.1) is 21.5 Å². The molecule has 0 aliphatic rings. The number of nitrogens with one attached hydrogen (secondary N) is 2. The highest BCUT2D eigenvalue weighted by atomic mass is 32.1. The zero-order valence-corrected chi connectivity index (χ0v) is 18.5. The summed E-state index contributed by atoms with van der Waals surface area (Å²) < 4.78 is 5.84. The summed E-state index contributed by atoms with van der Waals surface area (Å²) in [4.78, 5) is 15.1. The fourth-order valence-electron chi connectivity index (χ4n) is 3.59. The molecule has 0 bridgehead atoms. The number of amides is 1. The van der Waals surface area contributed by atoms with Gasteiger partial charge >= 0.3 is 0 Å². The second-order valence-electron chi connectivity index (χ2n) is 7.55. The van der Waals surface area contributed by atoms with Crippen LogP contribution < -0.4 is 10.2 Å². The number of aryl methyl sites for hydroxylation is 3. The number of thiophene rings is 1. The first-order chi connectivity index (χ1) is 13.9. The fourth-order valence-corrected chi connectivity index (χ4v) is 4.24. The zero-order chi connectivity index (χ0) is 21.0. The number of benzene rings is 1. The maximum Gasteiger partial charge on any atom is 0.282 e. The minimum Gasteiger partial charge on any atom is -0.414 e. The molecular weight excluding hydrogens is 384 g/mol. The molecule has 1 unspecified atom stereocenters. The second kappa shape index (κ2) is 9.33. The lowest BCUT2D eigenvalue weighted by molar-refractivity contribution is -0.928. The third-order valence-corrected chi connectivity index (χ3v) is 5.94. The third-order valence-electron chi connectivity index (χ3n) is 5.08. The van der Waals surface area contributed by atoms with E-state index in [0.717, 1.165) is 39.6 Å². The number of carbonyl (C=O) groups is 1. The standard InChI is InChI=1S/C22H28N4O2S/c1-6-9-26(13-19-24-25-22(28-19)18-8-7-10-29-18)17(5)21(27)23-20-15(3)11-14(2)12-16(20)4/h7-8,10-12,17H,6,9,13H2,1-5H3,(H,23,27)/p+1/t17-/m1/s1. The molecule has 29 heavy (non-hydrogen) atoms. The Labute approximate surface area is 176 Å². The SMILES string of the molecule is CCC[NH+](Cc1nnc(-c2cccs2)o1)[C@H](C)C(=O)Nc1c(C)cc(C)cc1C. The Kier molecular flexibility index (Phi) is 6.82. The van der Waals surface area contributed by atoms with Gasteiger partial charge in [-0.1, -0.05) is 30.7 Å². The molecule has 0 fully saturated rings. The van der Waals surface area contributed by atoms with Crippen molar-refractivity contribution in [1.29, 1.82) is 0 Å². The highest BCUT2D eigenvalue weighted by Gasteiger charge is 2.27. The Morgan fingerprint density at radius 2 is 1.97 bits per heavy atom. The van der Waals surface area contributed by atoms with E-state index in [0.29, 0.717) is 18.3 Å². The molecule has 0 aliphatic carbocycles. The van der Waals surface area contributed by atoms with Gasteiger partial charge in [-0.2, -0.15) is 0 Å². The zero-order valence-electron chi connectivity index (χ0n) is 17.7. The Bertz CT molecular complexity index is 942. The number of hydrogen-bond acceptors (Lipinski definition) is 5. The van der Waals surface area contributed by atoms with Crippen molar-refractivity contribution in [2.24, 2.45) is 0 Å². The monoisotopic (exact) mass is 413 g/mol. The molecular formula is C22H29N4O2S+. The Hall–Kier alpha value is -2.51. The molecule has 1 aromatic carbocycles. The van der Waals surface area contributed by atoms with E-state index in [1.54, 1.807) is 11.3 Å². The van der Waals surface area contributed by atoms with Crippen LogP contribution in [0.15, 0.2) is 34.1 Å². The van der Waals surface area contributed by atoms with Crippen molar-refractivity contribution < 1.29 is 14.1 Å². The molecule has 6 nitrogen and oxygen atoms in total. The van der Waals surface area contributed by atoms with E-state index in [1.165, 1.54) is 5.56 Å². The molecule has 0 saturated carbocycles. The molecule has 2 N–H and O–H groups in total. The highest BCUT2D eigenvalue weighted by molar-refractivity contribution is 7.13. The summed E-state index contributed by atoms with van der Waals surface area (Å²) in [6.07, 6.45) is 0.960. The van der Waals surface area contributed by atoms with Crippen LogP contribution >= 0.6 is 11.3 Å². The number of nitrogens with zero attached hydrogens (tertiary/aromatic N) is 2. The van der Waals surface area contributed by atoms with E-state index in [2.05, 4.69) is 41.5 Å². The minimum absolute atomic E-state index is 0.00139. The lowest BCUT2D eigenvalue weighted by atomic mass is 10.0. The normalized spacial score (nSPS) is 13.3. The molecule has 0 saturated heterocycles. The van der Waals surface area contributed by atoms with Crippen LogP contribution in [0.1, 0.15) is 42.8 Å². The van der Waals surface area contributed by atoms with E-state index in [1.807, 2.05) is 38.3 Å². The van der Waals surface area contributed by atoms with Crippen LogP contribution in [-0.2, 0) is 11.3 Å². The lowest BCUT2D eigenvalue weighted by Gasteiger charge is -2.24. The first-order valence-corrected chi connectivity index (χ1v) is 10.9. The summed E-state index contributed by atoms with van der Waals surface area (Å²) in [5, 5.41) is 13.5. The quantitative estimate of drug-likeness (QED) is 0.592. The van der Waals surface area contributed by atoms with Crippen molar-refractivity contribution >= 4 is 22.9 Å². The topological polar surface area (TPSA) is 72.5 Å². The molecule has 0 spiro atoms. The minimum atomic E-state index is -0.243. The van der Waals surface area contributed by atoms with Crippen molar-refractivity contribution in [2.45, 2.75) is 53.6 Å². The summed E-state index contributed by atoms with van der Waals surface area (Å²) in [5.74, 6) is 1.09. The van der Waals surface area contributed by atoms with Crippen LogP contribution in [-0.4, -0.2) is 28.7 Å². The van der Waals surface area contributed by atoms with Crippen molar-refractivity contribution in [3.63, 3.8) is 0 Å². The van der Waals surface area contributed by atoms with Gasteiger partial charge in [0.2, 0.25) is 0 Å². The third kappa shape index (κ3) is 5.10. The molecule has 0 aliphatic heterocycles. The van der Waals surface area contributed by atoms with E-state index >= 15 is 0 Å². The molecule has 154 valence electrons. The Morgan fingerprint density at radius 3 is 2.59 bits per heavy atom. The van der Waals surface area contributed by atoms with Crippen molar-refractivity contribution in [1.82, 2.24) is 10.2 Å². The number of anilines is 1. The first-order valence-electron chi connectivity index (χ1n) is 9.98. The van der Waals surface area contributed by atoms with Crippen LogP contribution in [0.4, 0.5) is 5.69 Å². The summed E-state index contributed by atoms with van der Waals surface area (Å²) in [6.45, 7) is 11.6. The van der Waals surface area contributed by atoms with Crippen LogP contribution in [0.2, 0.25) is 0 Å². The van der Waals surface area contributed by atoms with Gasteiger partial charge in [0, 0.05) is 5.69 Å². The Morgan fingerprint density at radius 1 is 1.24 bits per heavy atom. The lowest BCUT2D eigenvalue weighted by Crippen LogP contribution is -3.15. The number of carbonyl (C=O) groups excluding carboxylic acids is 1. The molecule has 1 amide bonds. The van der Waals surface area contributed by atoms with Gasteiger partial charge in [-0.3, -0.25) is 4.79 Å². The van der Waals surface area contributed by atoms with Crippen LogP contribution in [0.3, 0.4) is 0 Å². The summed E-state index contributed by atoms with van der Waals surface area (Å²) in [6, 6.07) is 7.86. The van der Waals surface area contributed by atoms with Crippen molar-refractivity contribution in [3.05, 3.63) is 52.2 Å². The maximum absolute atomic E-state index is 13.0. The van der Waals surface area contributed by atoms with E-state index < -0.39 is 0 Å². The average Bonchev–Trinajstić information content (AvgIpc) is 3.35. The highest BCUT2D eigenvalue weighted by Crippen LogP contribution is 2.23. The molecule has 3 aromatic rings. The summed E-state index contributed by atoms with van der Waals surface area (Å²) in [5.41, 5.74) is 4.26. The predicted octanol–water partition coefficient (Wildman–Crippen LogP) is 3.55. The van der Waals surface area contributed by atoms with Crippen molar-refractivity contribution in [2.75, 3.05) is 11.9 Å². The van der Waals surface area contributed by atoms with Crippen LogP contribution in [0, 0.1) is 20.8 Å². The molecule has 2 heterocycles. The van der Waals surface area contributed by atoms with Gasteiger partial charge in [0.25, 0.3) is 17.7 Å². The van der Waals surface area contributed by atoms with Gasteiger partial charge in [0.1, 0.15) is 0 Å². The summed E-state index contributed by atoms with van der Waals surface area (Å²) in [7, 11) is 0. The molecule has 7 heteroatoms. The molecule has 0 radical (unpaired) electrons. The van der Waals surface area contributed by atoms with Gasteiger partial charge in [-0.05, 0) is 56.7 Å². The van der Waals surface area contributed by atoms with Gasteiger partial charge in [0.05, 0.1) is 11.4 Å². The van der Waals surface area contributed by atoms with Crippen LogP contribution in [0.5, 0.6) is 0 Å². The average molecular weight is 414 g/mol. The predicted molar refractivity (Wildman–Crippen MR) is 116 cm³/mol. The van der Waals surface area contributed by atoms with Crippen LogP contribution in [0.25, 0.3) is 10.8 Å². The fraction of sp³-hybridized carbons (Fsp3) is 0.409. The molecule has 3 rings (SSSR count). The smallest absolute Gasteiger partial charge is 0.282 e. The van der Waals surface area contributed by atoms with E-state index in [4.69, 9.17) is 4.42 Å². The van der Waals surface area contributed by atoms with E-state index in [-0.39, 0.29) is 11.9 Å². The maximum atomic E-state index is 13.0. The Balaban J connectivity index is 1.72. The first kappa shape index (κ1) is 21.2. The van der Waals surface area contributed by atoms with Crippen molar-refractivity contribution in [3.8, 4) is 10.8 Å². The number of hydrogen-bond donors (Lipinski definition) is 2. The molecule has 2 atom stereocenters. The van der Waals surface area contributed by atoms with E-state index in [9.17, 15) is 4.79 Å².